The van der Waals surface area contributed by atoms with Crippen molar-refractivity contribution in [3.63, 3.8) is 0 Å². The van der Waals surface area contributed by atoms with Crippen molar-refractivity contribution in [2.75, 3.05) is 0 Å². The predicted molar refractivity (Wildman–Crippen MR) is 78.4 cm³/mol. The van der Waals surface area contributed by atoms with E-state index < -0.39 is 0 Å². The van der Waals surface area contributed by atoms with Crippen LogP contribution < -0.4 is 3.54 Å². The second kappa shape index (κ2) is 5.49. The van der Waals surface area contributed by atoms with Gasteiger partial charge in [0.05, 0.1) is 0 Å². The summed E-state index contributed by atoms with van der Waals surface area (Å²) >= 11 is 2.16. The van der Waals surface area contributed by atoms with Crippen molar-refractivity contribution >= 4 is 31.5 Å². The number of benzene rings is 2. The molecule has 88 valence electrons. The molecule has 0 saturated carbocycles. The zero-order valence-corrected chi connectivity index (χ0v) is 12.1. The van der Waals surface area contributed by atoms with Crippen molar-refractivity contribution in [3.8, 4) is 10.4 Å². The van der Waals surface area contributed by atoms with Crippen LogP contribution in [0.3, 0.4) is 0 Å². The van der Waals surface area contributed by atoms with Crippen LogP contribution in [-0.4, -0.2) is 14.5 Å². The summed E-state index contributed by atoms with van der Waals surface area (Å²) in [6, 6.07) is 20.7. The second-order valence-electron chi connectivity index (χ2n) is 3.78. The maximum absolute atomic E-state index is 4.69. The molecule has 0 amide bonds. The van der Waals surface area contributed by atoms with Gasteiger partial charge in [-0.15, -0.1) is 0 Å². The average molecular weight is 316 g/mol. The van der Waals surface area contributed by atoms with E-state index in [1.54, 1.807) is 11.3 Å². The van der Waals surface area contributed by atoms with Gasteiger partial charge in [0.2, 0.25) is 0 Å². The van der Waals surface area contributed by atoms with Crippen LogP contribution in [-0.2, 0) is 0 Å². The fourth-order valence-electron chi connectivity index (χ4n) is 1.63. The van der Waals surface area contributed by atoms with Crippen LogP contribution in [0.4, 0.5) is 5.69 Å². The molecule has 0 aliphatic carbocycles. The molecule has 1 heterocycles. The summed E-state index contributed by atoms with van der Waals surface area (Å²) in [4.78, 5) is 8.34. The molecule has 1 aromatic heterocycles. The molecular formula is C15H11NSSe. The van der Waals surface area contributed by atoms with E-state index in [0.717, 1.165) is 5.69 Å². The van der Waals surface area contributed by atoms with Crippen molar-refractivity contribution in [2.45, 2.75) is 0 Å². The van der Waals surface area contributed by atoms with Crippen molar-refractivity contribution in [1.82, 2.24) is 0 Å². The monoisotopic (exact) mass is 317 g/mol. The summed E-state index contributed by atoms with van der Waals surface area (Å²) in [6.45, 7) is 0. The standard InChI is InChI=1S/C15H11NSSe/c1-3-7-12(8-4-1)14-11-18-15(17-14)16-13-9-5-2-6-10-13/h1-11H. The molecule has 0 unspecified atom stereocenters. The van der Waals surface area contributed by atoms with Gasteiger partial charge in [0.15, 0.2) is 0 Å². The first-order valence-corrected chi connectivity index (χ1v) is 8.32. The number of nitrogens with zero attached hydrogens (tertiary/aromatic N) is 1. The van der Waals surface area contributed by atoms with E-state index in [-0.39, 0.29) is 0 Å². The second-order valence-corrected chi connectivity index (χ2v) is 7.20. The molecular weight excluding hydrogens is 305 g/mol. The third-order valence-corrected chi connectivity index (χ3v) is 6.06. The topological polar surface area (TPSA) is 12.4 Å². The van der Waals surface area contributed by atoms with E-state index in [2.05, 4.69) is 34.2 Å². The van der Waals surface area contributed by atoms with Crippen molar-refractivity contribution in [2.24, 2.45) is 4.99 Å². The summed E-state index contributed by atoms with van der Waals surface area (Å²) in [5, 5.41) is 0. The first-order chi connectivity index (χ1) is 8.92. The van der Waals surface area contributed by atoms with Crippen LogP contribution in [0.2, 0.25) is 0 Å². The fourth-order valence-corrected chi connectivity index (χ4v) is 5.05. The molecule has 0 aliphatic rings. The average Bonchev–Trinajstić information content (AvgIpc) is 2.89. The van der Waals surface area contributed by atoms with Gasteiger partial charge in [-0.3, -0.25) is 0 Å². The van der Waals surface area contributed by atoms with Gasteiger partial charge in [-0.25, -0.2) is 0 Å². The molecule has 18 heavy (non-hydrogen) atoms. The van der Waals surface area contributed by atoms with Gasteiger partial charge in [0, 0.05) is 0 Å². The third-order valence-electron chi connectivity index (χ3n) is 2.50. The van der Waals surface area contributed by atoms with Crippen LogP contribution in [0.15, 0.2) is 70.6 Å². The van der Waals surface area contributed by atoms with Crippen LogP contribution in [0.5, 0.6) is 0 Å². The molecule has 0 N–H and O–H groups in total. The fraction of sp³-hybridized carbons (Fsp3) is 0. The van der Waals surface area contributed by atoms with Gasteiger partial charge in [-0.2, -0.15) is 0 Å². The van der Waals surface area contributed by atoms with Gasteiger partial charge in [0.25, 0.3) is 0 Å². The Bertz CT molecular complexity index is 683. The zero-order chi connectivity index (χ0) is 12.2. The van der Waals surface area contributed by atoms with E-state index in [1.165, 1.54) is 14.0 Å². The quantitative estimate of drug-likeness (QED) is 0.639. The first-order valence-electron chi connectivity index (χ1n) is 5.66. The first kappa shape index (κ1) is 11.7. The molecule has 2 aromatic carbocycles. The normalized spacial score (nSPS) is 11.7. The minimum absolute atomic E-state index is 0.367. The summed E-state index contributed by atoms with van der Waals surface area (Å²) in [7, 11) is 0. The molecule has 0 bridgehead atoms. The van der Waals surface area contributed by atoms with Gasteiger partial charge >= 0.3 is 116 Å². The Balaban J connectivity index is 1.98. The van der Waals surface area contributed by atoms with Crippen molar-refractivity contribution in [3.05, 3.63) is 69.1 Å². The van der Waals surface area contributed by atoms with E-state index in [1.807, 2.05) is 36.4 Å². The van der Waals surface area contributed by atoms with E-state index in [4.69, 9.17) is 0 Å². The van der Waals surface area contributed by atoms with Gasteiger partial charge in [-0.05, 0) is 0 Å². The van der Waals surface area contributed by atoms with Gasteiger partial charge in [0.1, 0.15) is 0 Å². The summed E-state index contributed by atoms with van der Waals surface area (Å²) in [5.41, 5.74) is 2.34. The predicted octanol–water partition coefficient (Wildman–Crippen LogP) is 3.70. The SMILES string of the molecule is c1ccc(N=c2sc(-c3ccccc3)c[se]2)cc1. The Morgan fingerprint density at radius 1 is 0.833 bits per heavy atom. The van der Waals surface area contributed by atoms with E-state index in [9.17, 15) is 0 Å². The number of hydrogen-bond donors (Lipinski definition) is 0. The van der Waals surface area contributed by atoms with Crippen LogP contribution in [0.25, 0.3) is 10.4 Å². The summed E-state index contributed by atoms with van der Waals surface area (Å²) in [6.07, 6.45) is 0. The number of hydrogen-bond acceptors (Lipinski definition) is 2. The molecule has 0 atom stereocenters. The Labute approximate surface area is 116 Å². The Morgan fingerprint density at radius 3 is 2.22 bits per heavy atom. The van der Waals surface area contributed by atoms with Crippen LogP contribution >= 0.6 is 11.3 Å². The zero-order valence-electron chi connectivity index (χ0n) is 9.61. The maximum atomic E-state index is 4.69. The summed E-state index contributed by atoms with van der Waals surface area (Å²) < 4.78 is 1.23. The van der Waals surface area contributed by atoms with Crippen molar-refractivity contribution < 1.29 is 0 Å². The number of rotatable bonds is 2. The van der Waals surface area contributed by atoms with Crippen LogP contribution in [0.1, 0.15) is 0 Å². The molecule has 0 aliphatic heterocycles. The van der Waals surface area contributed by atoms with Gasteiger partial charge in [-0.1, -0.05) is 0 Å². The Morgan fingerprint density at radius 2 is 1.50 bits per heavy atom. The Hall–Kier alpha value is -1.41. The molecule has 3 heteroatoms. The molecule has 3 rings (SSSR count). The number of para-hydroxylation sites is 1. The van der Waals surface area contributed by atoms with E-state index >= 15 is 0 Å². The molecule has 1 nitrogen and oxygen atoms in total. The molecule has 0 saturated heterocycles. The van der Waals surface area contributed by atoms with Gasteiger partial charge < -0.3 is 0 Å². The van der Waals surface area contributed by atoms with E-state index in [0.29, 0.717) is 14.5 Å². The molecule has 0 spiro atoms. The summed E-state index contributed by atoms with van der Waals surface area (Å²) in [5.74, 6) is 0. The minimum atomic E-state index is 0.367. The molecule has 0 fully saturated rings. The Kier molecular flexibility index (Phi) is 3.56. The van der Waals surface area contributed by atoms with Crippen molar-refractivity contribution in [1.29, 1.82) is 0 Å². The molecule has 3 aromatic rings. The third kappa shape index (κ3) is 2.70. The van der Waals surface area contributed by atoms with Crippen LogP contribution in [0, 0.1) is 0 Å². The molecule has 0 radical (unpaired) electrons.